The van der Waals surface area contributed by atoms with Crippen LogP contribution >= 0.6 is 0 Å². The number of nitrogens with zero attached hydrogens (tertiary/aromatic N) is 4. The molecule has 1 aliphatic heterocycles. The molecule has 1 amide bonds. The maximum Gasteiger partial charge on any atom is 0.290 e. The molecule has 0 saturated carbocycles. The van der Waals surface area contributed by atoms with Crippen LogP contribution < -0.4 is 0 Å². The van der Waals surface area contributed by atoms with Gasteiger partial charge in [0.1, 0.15) is 5.82 Å². The number of furan rings is 1. The molecule has 6 heteroatoms. The first kappa shape index (κ1) is 15.8. The maximum absolute atomic E-state index is 12.5. The van der Waals surface area contributed by atoms with Gasteiger partial charge < -0.3 is 13.9 Å². The highest BCUT2D eigenvalue weighted by molar-refractivity contribution is 5.91. The zero-order valence-corrected chi connectivity index (χ0v) is 14.2. The summed E-state index contributed by atoms with van der Waals surface area (Å²) in [5.41, 5.74) is 1.20. The second kappa shape index (κ2) is 6.20. The molecule has 124 valence electrons. The van der Waals surface area contributed by atoms with E-state index in [0.29, 0.717) is 18.3 Å². The molecule has 0 fully saturated rings. The fourth-order valence-electron chi connectivity index (χ4n) is 2.94. The molecular weight excluding hydrogens is 292 g/mol. The summed E-state index contributed by atoms with van der Waals surface area (Å²) in [4.78, 5) is 21.2. The Hall–Kier alpha value is -2.08. The Labute approximate surface area is 136 Å². The summed E-state index contributed by atoms with van der Waals surface area (Å²) in [6.07, 6.45) is 3.47. The topological polar surface area (TPSA) is 54.5 Å². The van der Waals surface area contributed by atoms with Gasteiger partial charge in [0.15, 0.2) is 5.76 Å². The predicted molar refractivity (Wildman–Crippen MR) is 87.0 cm³/mol. The molecule has 3 heterocycles. The first-order valence-electron chi connectivity index (χ1n) is 8.08. The van der Waals surface area contributed by atoms with Crippen molar-refractivity contribution >= 4 is 5.91 Å². The Kier molecular flexibility index (Phi) is 4.26. The minimum atomic E-state index is -0.0717. The van der Waals surface area contributed by atoms with Gasteiger partial charge in [-0.3, -0.25) is 9.69 Å². The minimum Gasteiger partial charge on any atom is -0.459 e. The summed E-state index contributed by atoms with van der Waals surface area (Å²) in [7, 11) is 2.11. The molecule has 0 aliphatic carbocycles. The molecule has 0 aromatic carbocycles. The highest BCUT2D eigenvalue weighted by Gasteiger charge is 2.32. The van der Waals surface area contributed by atoms with Crippen molar-refractivity contribution in [1.29, 1.82) is 0 Å². The van der Waals surface area contributed by atoms with E-state index in [-0.39, 0.29) is 11.9 Å². The number of carbonyl (C=O) groups excluding carboxylic acids is 1. The van der Waals surface area contributed by atoms with Crippen LogP contribution in [0, 0.1) is 0 Å². The molecule has 2 aromatic rings. The van der Waals surface area contributed by atoms with Gasteiger partial charge in [0, 0.05) is 31.9 Å². The summed E-state index contributed by atoms with van der Waals surface area (Å²) in [5.74, 6) is 1.26. The highest BCUT2D eigenvalue weighted by atomic mass is 16.3. The van der Waals surface area contributed by atoms with E-state index in [1.54, 1.807) is 12.1 Å². The van der Waals surface area contributed by atoms with Crippen molar-refractivity contribution in [3.63, 3.8) is 0 Å². The van der Waals surface area contributed by atoms with E-state index < -0.39 is 0 Å². The minimum absolute atomic E-state index is 0.0561. The van der Waals surface area contributed by atoms with Gasteiger partial charge in [-0.05, 0) is 40.0 Å². The van der Waals surface area contributed by atoms with Crippen LogP contribution in [0.5, 0.6) is 0 Å². The van der Waals surface area contributed by atoms with Gasteiger partial charge >= 0.3 is 0 Å². The van der Waals surface area contributed by atoms with E-state index in [1.807, 2.05) is 18.0 Å². The Morgan fingerprint density at radius 3 is 2.91 bits per heavy atom. The lowest BCUT2D eigenvalue weighted by atomic mass is 10.2. The van der Waals surface area contributed by atoms with E-state index in [1.165, 1.54) is 12.0 Å². The fourth-order valence-corrected chi connectivity index (χ4v) is 2.94. The molecule has 2 aromatic heterocycles. The SMILES string of the molecule is CC(C)N(C)Cc1cnc2n1CCN(C(=O)c1ccco1)C2C. The highest BCUT2D eigenvalue weighted by Crippen LogP contribution is 2.27. The number of amides is 1. The van der Waals surface area contributed by atoms with Crippen LogP contribution in [-0.4, -0.2) is 44.9 Å². The molecule has 0 bridgehead atoms. The van der Waals surface area contributed by atoms with E-state index in [0.717, 1.165) is 18.9 Å². The zero-order chi connectivity index (χ0) is 16.6. The lowest BCUT2D eigenvalue weighted by Crippen LogP contribution is -2.41. The quantitative estimate of drug-likeness (QED) is 0.870. The van der Waals surface area contributed by atoms with Crippen LogP contribution in [-0.2, 0) is 13.1 Å². The molecule has 0 radical (unpaired) electrons. The summed E-state index contributed by atoms with van der Waals surface area (Å²) in [6, 6.07) is 3.88. The average molecular weight is 316 g/mol. The van der Waals surface area contributed by atoms with Crippen molar-refractivity contribution in [2.24, 2.45) is 0 Å². The number of hydrogen-bond acceptors (Lipinski definition) is 4. The van der Waals surface area contributed by atoms with Crippen LogP contribution in [0.1, 0.15) is 48.9 Å². The van der Waals surface area contributed by atoms with Crippen LogP contribution in [0.2, 0.25) is 0 Å². The van der Waals surface area contributed by atoms with Crippen LogP contribution in [0.15, 0.2) is 29.0 Å². The first-order valence-corrected chi connectivity index (χ1v) is 8.08. The summed E-state index contributed by atoms with van der Waals surface area (Å²) in [5, 5.41) is 0. The molecule has 23 heavy (non-hydrogen) atoms. The number of hydrogen-bond donors (Lipinski definition) is 0. The zero-order valence-electron chi connectivity index (χ0n) is 14.2. The monoisotopic (exact) mass is 316 g/mol. The lowest BCUT2D eigenvalue weighted by Gasteiger charge is -2.34. The van der Waals surface area contributed by atoms with Crippen molar-refractivity contribution in [3.05, 3.63) is 41.9 Å². The molecule has 0 saturated heterocycles. The third-order valence-corrected chi connectivity index (χ3v) is 4.66. The standard InChI is InChI=1S/C17H24N4O2/c1-12(2)19(4)11-14-10-18-16-13(3)20(7-8-21(14)16)17(22)15-6-5-9-23-15/h5-6,9-10,12-13H,7-8,11H2,1-4H3. The average Bonchev–Trinajstić information content (AvgIpc) is 3.17. The van der Waals surface area contributed by atoms with Crippen molar-refractivity contribution in [2.45, 2.75) is 45.9 Å². The molecule has 1 aliphatic rings. The van der Waals surface area contributed by atoms with Gasteiger partial charge in [0.2, 0.25) is 0 Å². The van der Waals surface area contributed by atoms with Crippen molar-refractivity contribution in [3.8, 4) is 0 Å². The molecule has 3 rings (SSSR count). The summed E-state index contributed by atoms with van der Waals surface area (Å²) >= 11 is 0. The third-order valence-electron chi connectivity index (χ3n) is 4.66. The Bertz CT molecular complexity index is 675. The van der Waals surface area contributed by atoms with E-state index in [9.17, 15) is 4.79 Å². The first-order chi connectivity index (χ1) is 11.0. The van der Waals surface area contributed by atoms with Gasteiger partial charge in [0.25, 0.3) is 5.91 Å². The molecule has 0 spiro atoms. The van der Waals surface area contributed by atoms with Crippen LogP contribution in [0.3, 0.4) is 0 Å². The fraction of sp³-hybridized carbons (Fsp3) is 0.529. The Morgan fingerprint density at radius 1 is 1.48 bits per heavy atom. The smallest absolute Gasteiger partial charge is 0.290 e. The Balaban J connectivity index is 1.80. The lowest BCUT2D eigenvalue weighted by molar-refractivity contribution is 0.0602. The number of carbonyl (C=O) groups is 1. The Morgan fingerprint density at radius 2 is 2.26 bits per heavy atom. The molecule has 1 unspecified atom stereocenters. The van der Waals surface area contributed by atoms with Crippen LogP contribution in [0.25, 0.3) is 0 Å². The summed E-state index contributed by atoms with van der Waals surface area (Å²) in [6.45, 7) is 8.69. The molecule has 1 atom stereocenters. The third kappa shape index (κ3) is 2.91. The van der Waals surface area contributed by atoms with Crippen molar-refractivity contribution in [1.82, 2.24) is 19.4 Å². The number of fused-ring (bicyclic) bond motifs is 1. The van der Waals surface area contributed by atoms with E-state index in [4.69, 9.17) is 4.42 Å². The maximum atomic E-state index is 12.5. The van der Waals surface area contributed by atoms with E-state index in [2.05, 4.69) is 35.3 Å². The number of imidazole rings is 1. The summed E-state index contributed by atoms with van der Waals surface area (Å²) < 4.78 is 7.49. The molecular formula is C17H24N4O2. The van der Waals surface area contributed by atoms with Gasteiger partial charge in [-0.1, -0.05) is 0 Å². The number of aromatic nitrogens is 2. The van der Waals surface area contributed by atoms with Crippen molar-refractivity contribution < 1.29 is 9.21 Å². The second-order valence-corrected chi connectivity index (χ2v) is 6.42. The normalized spacial score (nSPS) is 17.8. The van der Waals surface area contributed by atoms with Crippen LogP contribution in [0.4, 0.5) is 0 Å². The van der Waals surface area contributed by atoms with Gasteiger partial charge in [-0.2, -0.15) is 0 Å². The van der Waals surface area contributed by atoms with Crippen molar-refractivity contribution in [2.75, 3.05) is 13.6 Å². The van der Waals surface area contributed by atoms with Gasteiger partial charge in [-0.15, -0.1) is 0 Å². The van der Waals surface area contributed by atoms with Gasteiger partial charge in [-0.25, -0.2) is 4.98 Å². The van der Waals surface area contributed by atoms with Gasteiger partial charge in [0.05, 0.1) is 18.0 Å². The molecule has 0 N–H and O–H groups in total. The van der Waals surface area contributed by atoms with E-state index >= 15 is 0 Å². The predicted octanol–water partition coefficient (Wildman–Crippen LogP) is 2.53. The largest absolute Gasteiger partial charge is 0.459 e. The second-order valence-electron chi connectivity index (χ2n) is 6.42. The molecule has 6 nitrogen and oxygen atoms in total. The number of rotatable bonds is 4.